The Balaban J connectivity index is 1.98. The number of aryl methyl sites for hydroxylation is 1. The standard InChI is InChI=1S/C26H40N2O3/c1-5-13-21-17-12-18-22(28(21)25(31)23(29)26(3,4)6-2)24(30)27-19-11-10-16-20-14-8-7-9-15-20/h7-9,14-15,21-22H,5-6,10-13,16-19H2,1-4H3,(H,27,30). The Bertz CT molecular complexity index is 727. The van der Waals surface area contributed by atoms with Gasteiger partial charge in [-0.05, 0) is 56.9 Å². The van der Waals surface area contributed by atoms with Crippen LogP contribution in [0.5, 0.6) is 0 Å². The van der Waals surface area contributed by atoms with Crippen molar-refractivity contribution < 1.29 is 14.4 Å². The van der Waals surface area contributed by atoms with Gasteiger partial charge in [-0.3, -0.25) is 14.4 Å². The second kappa shape index (κ2) is 12.0. The number of nitrogens with one attached hydrogen (secondary N) is 1. The fourth-order valence-electron chi connectivity index (χ4n) is 4.26. The summed E-state index contributed by atoms with van der Waals surface area (Å²) in [6, 6.07) is 9.76. The van der Waals surface area contributed by atoms with Crippen LogP contribution in [-0.4, -0.2) is 41.1 Å². The van der Waals surface area contributed by atoms with Crippen LogP contribution in [0.25, 0.3) is 0 Å². The third-order valence-electron chi connectivity index (χ3n) is 6.63. The van der Waals surface area contributed by atoms with Crippen molar-refractivity contribution in [1.82, 2.24) is 10.2 Å². The summed E-state index contributed by atoms with van der Waals surface area (Å²) in [6.45, 7) is 8.22. The summed E-state index contributed by atoms with van der Waals surface area (Å²) in [5.41, 5.74) is 0.598. The number of hydrogen-bond donors (Lipinski definition) is 1. The van der Waals surface area contributed by atoms with Gasteiger partial charge < -0.3 is 10.2 Å². The van der Waals surface area contributed by atoms with E-state index >= 15 is 0 Å². The number of ketones is 1. The Morgan fingerprint density at radius 1 is 1.06 bits per heavy atom. The van der Waals surface area contributed by atoms with Crippen LogP contribution in [0, 0.1) is 5.41 Å². The highest BCUT2D eigenvalue weighted by molar-refractivity contribution is 6.38. The molecule has 0 radical (unpaired) electrons. The van der Waals surface area contributed by atoms with Gasteiger partial charge in [0.15, 0.2) is 0 Å². The summed E-state index contributed by atoms with van der Waals surface area (Å²) in [4.78, 5) is 40.8. The fourth-order valence-corrected chi connectivity index (χ4v) is 4.26. The Kier molecular flexibility index (Phi) is 9.73. The number of likely N-dealkylation sites (tertiary alicyclic amines) is 1. The summed E-state index contributed by atoms with van der Waals surface area (Å²) >= 11 is 0. The lowest BCUT2D eigenvalue weighted by Crippen LogP contribution is -2.59. The first-order valence-corrected chi connectivity index (χ1v) is 12.0. The van der Waals surface area contributed by atoms with Crippen LogP contribution in [0.3, 0.4) is 0 Å². The van der Waals surface area contributed by atoms with Crippen LogP contribution >= 0.6 is 0 Å². The molecule has 0 spiro atoms. The molecular formula is C26H40N2O3. The van der Waals surface area contributed by atoms with Crippen molar-refractivity contribution in [3.05, 3.63) is 35.9 Å². The van der Waals surface area contributed by atoms with Crippen molar-refractivity contribution in [1.29, 1.82) is 0 Å². The Hall–Kier alpha value is -2.17. The Labute approximate surface area is 188 Å². The van der Waals surface area contributed by atoms with Gasteiger partial charge in [-0.25, -0.2) is 0 Å². The van der Waals surface area contributed by atoms with E-state index in [4.69, 9.17) is 0 Å². The molecule has 1 aliphatic rings. The van der Waals surface area contributed by atoms with E-state index in [0.717, 1.165) is 44.9 Å². The summed E-state index contributed by atoms with van der Waals surface area (Å²) in [5.74, 6) is -0.969. The second-order valence-corrected chi connectivity index (χ2v) is 9.40. The lowest BCUT2D eigenvalue weighted by Gasteiger charge is -2.42. The van der Waals surface area contributed by atoms with Gasteiger partial charge in [0.1, 0.15) is 6.04 Å². The summed E-state index contributed by atoms with van der Waals surface area (Å²) in [7, 11) is 0. The smallest absolute Gasteiger partial charge is 0.291 e. The molecule has 2 rings (SSSR count). The first-order valence-electron chi connectivity index (χ1n) is 12.0. The molecule has 1 aromatic carbocycles. The van der Waals surface area contributed by atoms with Crippen molar-refractivity contribution >= 4 is 17.6 Å². The molecule has 1 aliphatic heterocycles. The monoisotopic (exact) mass is 428 g/mol. The van der Waals surface area contributed by atoms with E-state index < -0.39 is 17.4 Å². The molecule has 0 aliphatic carbocycles. The van der Waals surface area contributed by atoms with Crippen molar-refractivity contribution in [2.24, 2.45) is 5.41 Å². The third-order valence-corrected chi connectivity index (χ3v) is 6.63. The van der Waals surface area contributed by atoms with E-state index in [0.29, 0.717) is 19.4 Å². The van der Waals surface area contributed by atoms with Gasteiger partial charge in [0.2, 0.25) is 11.7 Å². The van der Waals surface area contributed by atoms with E-state index in [1.807, 2.05) is 39.0 Å². The van der Waals surface area contributed by atoms with E-state index in [9.17, 15) is 14.4 Å². The van der Waals surface area contributed by atoms with E-state index in [-0.39, 0.29) is 17.7 Å². The first-order chi connectivity index (χ1) is 14.8. The van der Waals surface area contributed by atoms with Crippen molar-refractivity contribution in [3.63, 3.8) is 0 Å². The maximum Gasteiger partial charge on any atom is 0.291 e. The van der Waals surface area contributed by atoms with Crippen molar-refractivity contribution in [2.75, 3.05) is 6.54 Å². The largest absolute Gasteiger partial charge is 0.354 e. The molecule has 31 heavy (non-hydrogen) atoms. The number of amides is 2. The van der Waals surface area contributed by atoms with Gasteiger partial charge in [0, 0.05) is 18.0 Å². The van der Waals surface area contributed by atoms with E-state index in [2.05, 4.69) is 24.4 Å². The predicted molar refractivity (Wildman–Crippen MR) is 125 cm³/mol. The average molecular weight is 429 g/mol. The lowest BCUT2D eigenvalue weighted by atomic mass is 9.83. The quantitative estimate of drug-likeness (QED) is 0.411. The number of unbranched alkanes of at least 4 members (excludes halogenated alkanes) is 1. The van der Waals surface area contributed by atoms with Crippen molar-refractivity contribution in [2.45, 2.75) is 97.6 Å². The molecule has 1 N–H and O–H groups in total. The van der Waals surface area contributed by atoms with Crippen LogP contribution < -0.4 is 5.32 Å². The SMILES string of the molecule is CCCC1CCCC(C(=O)NCCCCc2ccccc2)N1C(=O)C(=O)C(C)(C)CC. The fraction of sp³-hybridized carbons (Fsp3) is 0.654. The number of hydrogen-bond acceptors (Lipinski definition) is 3. The lowest BCUT2D eigenvalue weighted by molar-refractivity contribution is -0.156. The maximum absolute atomic E-state index is 13.2. The van der Waals surface area contributed by atoms with Crippen LogP contribution in [0.4, 0.5) is 0 Å². The summed E-state index contributed by atoms with van der Waals surface area (Å²) < 4.78 is 0. The number of piperidine rings is 1. The molecule has 172 valence electrons. The van der Waals surface area contributed by atoms with E-state index in [1.54, 1.807) is 4.90 Å². The number of benzene rings is 1. The molecule has 0 bridgehead atoms. The highest BCUT2D eigenvalue weighted by Gasteiger charge is 2.43. The summed E-state index contributed by atoms with van der Waals surface area (Å²) in [5, 5.41) is 3.03. The molecule has 2 unspecified atom stereocenters. The van der Waals surface area contributed by atoms with Crippen LogP contribution in [0.2, 0.25) is 0 Å². The normalized spacial score (nSPS) is 19.2. The third kappa shape index (κ3) is 6.91. The van der Waals surface area contributed by atoms with Gasteiger partial charge in [-0.2, -0.15) is 0 Å². The minimum absolute atomic E-state index is 0.0308. The number of carbonyl (C=O) groups excluding carboxylic acids is 3. The zero-order chi connectivity index (χ0) is 22.9. The molecular weight excluding hydrogens is 388 g/mol. The van der Waals surface area contributed by atoms with Gasteiger partial charge in [0.05, 0.1) is 0 Å². The Morgan fingerprint density at radius 3 is 2.42 bits per heavy atom. The number of Topliss-reactive ketones (excluding diaryl/α,β-unsaturated/α-hetero) is 1. The van der Waals surface area contributed by atoms with Gasteiger partial charge >= 0.3 is 0 Å². The van der Waals surface area contributed by atoms with Crippen molar-refractivity contribution in [3.8, 4) is 0 Å². The molecule has 0 saturated carbocycles. The van der Waals surface area contributed by atoms with Crippen LogP contribution in [0.15, 0.2) is 30.3 Å². The molecule has 1 saturated heterocycles. The van der Waals surface area contributed by atoms with Gasteiger partial charge in [-0.15, -0.1) is 0 Å². The van der Waals surface area contributed by atoms with Gasteiger partial charge in [-0.1, -0.05) is 64.4 Å². The molecule has 2 atom stereocenters. The number of carbonyl (C=O) groups is 3. The minimum atomic E-state index is -0.705. The molecule has 0 aromatic heterocycles. The zero-order valence-corrected chi connectivity index (χ0v) is 19.8. The number of rotatable bonds is 11. The molecule has 2 amide bonds. The molecule has 1 heterocycles. The Morgan fingerprint density at radius 2 is 1.77 bits per heavy atom. The molecule has 5 nitrogen and oxygen atoms in total. The summed E-state index contributed by atoms with van der Waals surface area (Å²) in [6.07, 6.45) is 7.63. The van der Waals surface area contributed by atoms with Crippen LogP contribution in [-0.2, 0) is 20.8 Å². The topological polar surface area (TPSA) is 66.5 Å². The minimum Gasteiger partial charge on any atom is -0.354 e. The van der Waals surface area contributed by atoms with Gasteiger partial charge in [0.25, 0.3) is 5.91 Å². The second-order valence-electron chi connectivity index (χ2n) is 9.40. The van der Waals surface area contributed by atoms with Crippen LogP contribution in [0.1, 0.15) is 84.6 Å². The maximum atomic E-state index is 13.2. The average Bonchev–Trinajstić information content (AvgIpc) is 2.78. The highest BCUT2D eigenvalue weighted by atomic mass is 16.2. The van der Waals surface area contributed by atoms with E-state index in [1.165, 1.54) is 5.56 Å². The number of nitrogens with zero attached hydrogens (tertiary/aromatic N) is 1. The molecule has 5 heteroatoms. The molecule has 1 fully saturated rings. The first kappa shape index (κ1) is 25.1. The molecule has 1 aromatic rings. The highest BCUT2D eigenvalue weighted by Crippen LogP contribution is 2.30. The predicted octanol–water partition coefficient (Wildman–Crippen LogP) is 4.68. The zero-order valence-electron chi connectivity index (χ0n) is 19.8.